The van der Waals surface area contributed by atoms with E-state index in [4.69, 9.17) is 22.1 Å². The number of amides is 4. The Kier molecular flexibility index (Phi) is 8.90. The molecule has 4 N–H and O–H groups in total. The molecular weight excluding hydrogens is 571 g/mol. The predicted octanol–water partition coefficient (Wildman–Crippen LogP) is 4.45. The van der Waals surface area contributed by atoms with Crippen LogP contribution in [0.15, 0.2) is 36.4 Å². The zero-order chi connectivity index (χ0) is 30.8. The van der Waals surface area contributed by atoms with E-state index in [1.807, 2.05) is 0 Å². The molecule has 4 rings (SSSR count). The highest BCUT2D eigenvalue weighted by molar-refractivity contribution is 6.30. The zero-order valence-corrected chi connectivity index (χ0v) is 24.2. The number of anilines is 1. The predicted molar refractivity (Wildman–Crippen MR) is 153 cm³/mol. The van der Waals surface area contributed by atoms with Crippen LogP contribution in [-0.2, 0) is 22.6 Å². The second kappa shape index (κ2) is 12.2. The second-order valence-electron chi connectivity index (χ2n) is 11.0. The summed E-state index contributed by atoms with van der Waals surface area (Å²) in [5.74, 6) is -1.85. The number of fused-ring (bicyclic) bond motifs is 1. The van der Waals surface area contributed by atoms with Crippen LogP contribution in [0.4, 0.5) is 19.7 Å². The summed E-state index contributed by atoms with van der Waals surface area (Å²) in [4.78, 5) is 52.3. The molecule has 0 bridgehead atoms. The lowest BCUT2D eigenvalue weighted by Gasteiger charge is -2.27. The number of carbonyl (C=O) groups is 4. The Hall–Kier alpha value is -4.39. The summed E-state index contributed by atoms with van der Waals surface area (Å²) in [5, 5.41) is 16.8. The number of benzene rings is 2. The van der Waals surface area contributed by atoms with Crippen molar-refractivity contribution in [3.63, 3.8) is 0 Å². The van der Waals surface area contributed by atoms with Crippen molar-refractivity contribution >= 4 is 52.2 Å². The summed E-state index contributed by atoms with van der Waals surface area (Å²) in [5.41, 5.74) is 5.66. The molecule has 12 nitrogen and oxygen atoms in total. The molecule has 224 valence electrons. The molecule has 0 aliphatic heterocycles. The molecule has 1 heterocycles. The highest BCUT2D eigenvalue weighted by atomic mass is 35.5. The lowest BCUT2D eigenvalue weighted by Crippen LogP contribution is -2.43. The van der Waals surface area contributed by atoms with Crippen LogP contribution < -0.4 is 11.1 Å². The van der Waals surface area contributed by atoms with E-state index in [0.29, 0.717) is 16.6 Å². The first-order chi connectivity index (χ1) is 19.7. The van der Waals surface area contributed by atoms with Crippen molar-refractivity contribution in [3.8, 4) is 0 Å². The van der Waals surface area contributed by atoms with Gasteiger partial charge in [0, 0.05) is 35.8 Å². The first-order valence-electron chi connectivity index (χ1n) is 13.2. The molecule has 1 aliphatic carbocycles. The minimum atomic E-state index is -1.27. The molecule has 42 heavy (non-hydrogen) atoms. The quantitative estimate of drug-likeness (QED) is 0.309. The number of nitrogens with two attached hydrogens (primary N) is 1. The Bertz CT molecular complexity index is 1530. The van der Waals surface area contributed by atoms with Gasteiger partial charge in [-0.25, -0.2) is 14.0 Å². The van der Waals surface area contributed by atoms with Gasteiger partial charge in [0.1, 0.15) is 18.0 Å². The molecule has 4 amide bonds. The van der Waals surface area contributed by atoms with Crippen molar-refractivity contribution in [3.05, 3.63) is 58.5 Å². The van der Waals surface area contributed by atoms with Gasteiger partial charge in [0.25, 0.3) is 5.91 Å². The fourth-order valence-electron chi connectivity index (χ4n) is 4.44. The number of nitrogens with one attached hydrogen (secondary N) is 1. The number of nitrogens with zero attached hydrogens (tertiary/aromatic N) is 4. The fraction of sp³-hybridized carbons (Fsp3) is 0.393. The minimum Gasteiger partial charge on any atom is -0.465 e. The third-order valence-electron chi connectivity index (χ3n) is 6.50. The average Bonchev–Trinajstić information content (AvgIpc) is 3.66. The van der Waals surface area contributed by atoms with Gasteiger partial charge in [0.05, 0.1) is 17.1 Å². The van der Waals surface area contributed by atoms with E-state index in [1.165, 1.54) is 28.9 Å². The molecule has 0 radical (unpaired) electrons. The van der Waals surface area contributed by atoms with E-state index in [2.05, 4.69) is 10.4 Å². The van der Waals surface area contributed by atoms with Crippen molar-refractivity contribution in [2.45, 2.75) is 58.3 Å². The lowest BCUT2D eigenvalue weighted by molar-refractivity contribution is -0.132. The Morgan fingerprint density at radius 2 is 1.90 bits per heavy atom. The fourth-order valence-corrected chi connectivity index (χ4v) is 4.64. The Balaban J connectivity index is 1.50. The first kappa shape index (κ1) is 30.6. The third-order valence-corrected chi connectivity index (χ3v) is 6.79. The van der Waals surface area contributed by atoms with Crippen molar-refractivity contribution in [2.24, 2.45) is 5.73 Å². The molecule has 1 aliphatic rings. The molecule has 0 unspecified atom stereocenters. The molecule has 1 saturated carbocycles. The second-order valence-corrected chi connectivity index (χ2v) is 11.4. The number of ether oxygens (including phenoxy) is 1. The SMILES string of the molecule is CC(C)(C)OC(=O)Nc1ccc2c(c1)c(C(N)=O)nn2CC(=O)N(CCN(Cc1cccc(Cl)c1F)C(=O)O)C1CC1. The maximum Gasteiger partial charge on any atom is 0.412 e. The smallest absolute Gasteiger partial charge is 0.412 e. The summed E-state index contributed by atoms with van der Waals surface area (Å²) >= 11 is 5.83. The molecule has 1 aromatic heterocycles. The van der Waals surface area contributed by atoms with Crippen molar-refractivity contribution in [1.82, 2.24) is 19.6 Å². The van der Waals surface area contributed by atoms with Crippen molar-refractivity contribution in [1.29, 1.82) is 0 Å². The molecule has 14 heteroatoms. The number of primary amides is 1. The number of hydrogen-bond acceptors (Lipinski definition) is 6. The number of hydrogen-bond donors (Lipinski definition) is 3. The van der Waals surface area contributed by atoms with Gasteiger partial charge in [-0.15, -0.1) is 0 Å². The van der Waals surface area contributed by atoms with Crippen LogP contribution in [0.3, 0.4) is 0 Å². The van der Waals surface area contributed by atoms with Gasteiger partial charge in [-0.1, -0.05) is 23.7 Å². The van der Waals surface area contributed by atoms with Crippen molar-refractivity contribution < 1.29 is 33.4 Å². The minimum absolute atomic E-state index is 0.0599. The molecule has 0 saturated heterocycles. The third kappa shape index (κ3) is 7.46. The summed E-state index contributed by atoms with van der Waals surface area (Å²) < 4.78 is 21.0. The van der Waals surface area contributed by atoms with E-state index >= 15 is 0 Å². The topological polar surface area (TPSA) is 160 Å². The van der Waals surface area contributed by atoms with E-state index in [-0.39, 0.29) is 54.4 Å². The number of rotatable bonds is 10. The van der Waals surface area contributed by atoms with Crippen LogP contribution in [0.2, 0.25) is 5.02 Å². The van der Waals surface area contributed by atoms with Crippen LogP contribution in [-0.4, -0.2) is 73.4 Å². The van der Waals surface area contributed by atoms with Gasteiger partial charge in [-0.2, -0.15) is 5.10 Å². The normalized spacial score (nSPS) is 13.1. The van der Waals surface area contributed by atoms with Gasteiger partial charge in [-0.05, 0) is 57.9 Å². The molecule has 0 spiro atoms. The molecule has 0 atom stereocenters. The number of aromatic nitrogens is 2. The highest BCUT2D eigenvalue weighted by Gasteiger charge is 2.33. The molecule has 1 fully saturated rings. The average molecular weight is 603 g/mol. The summed E-state index contributed by atoms with van der Waals surface area (Å²) in [6, 6.07) is 8.99. The summed E-state index contributed by atoms with van der Waals surface area (Å²) in [7, 11) is 0. The molecule has 3 aromatic rings. The van der Waals surface area contributed by atoms with Gasteiger partial charge in [0.15, 0.2) is 5.69 Å². The van der Waals surface area contributed by atoms with Crippen LogP contribution >= 0.6 is 11.6 Å². The number of carbonyl (C=O) groups excluding carboxylic acids is 3. The van der Waals surface area contributed by atoms with Crippen LogP contribution in [0.5, 0.6) is 0 Å². The first-order valence-corrected chi connectivity index (χ1v) is 13.6. The van der Waals surface area contributed by atoms with E-state index < -0.39 is 29.5 Å². The van der Waals surface area contributed by atoms with Gasteiger partial charge < -0.3 is 25.4 Å². The number of carboxylic acid groups (broad SMARTS) is 1. The number of halogens is 2. The van der Waals surface area contributed by atoms with Crippen LogP contribution in [0, 0.1) is 5.82 Å². The molecule has 2 aromatic carbocycles. The van der Waals surface area contributed by atoms with E-state index in [9.17, 15) is 28.7 Å². The summed E-state index contributed by atoms with van der Waals surface area (Å²) in [6.07, 6.45) is -0.432. The largest absolute Gasteiger partial charge is 0.465 e. The Morgan fingerprint density at radius 3 is 2.52 bits per heavy atom. The van der Waals surface area contributed by atoms with Crippen LogP contribution in [0.25, 0.3) is 10.9 Å². The Morgan fingerprint density at radius 1 is 1.19 bits per heavy atom. The summed E-state index contributed by atoms with van der Waals surface area (Å²) in [6.45, 7) is 4.72. The monoisotopic (exact) mass is 602 g/mol. The van der Waals surface area contributed by atoms with Crippen LogP contribution in [0.1, 0.15) is 49.7 Å². The van der Waals surface area contributed by atoms with Gasteiger partial charge in [0.2, 0.25) is 5.91 Å². The standard InChI is InChI=1S/C28H32ClFN6O6/c1-28(2,3)42-26(39)32-17-7-10-21-19(13-17)24(25(31)38)33-36(21)15-22(37)35(18-8-9-18)12-11-34(27(40)41)14-16-5-4-6-20(29)23(16)30/h4-7,10,13,18H,8-9,11-12,14-15H2,1-3H3,(H2,31,38)(H,32,39)(H,40,41). The van der Waals surface area contributed by atoms with Gasteiger partial charge in [-0.3, -0.25) is 19.6 Å². The maximum atomic E-state index is 14.4. The maximum absolute atomic E-state index is 14.4. The Labute approximate surface area is 246 Å². The zero-order valence-electron chi connectivity index (χ0n) is 23.4. The highest BCUT2D eigenvalue weighted by Crippen LogP contribution is 2.28. The van der Waals surface area contributed by atoms with Gasteiger partial charge >= 0.3 is 12.2 Å². The van der Waals surface area contributed by atoms with E-state index in [1.54, 1.807) is 37.8 Å². The van der Waals surface area contributed by atoms with Crippen molar-refractivity contribution in [2.75, 3.05) is 18.4 Å². The van der Waals surface area contributed by atoms with E-state index in [0.717, 1.165) is 17.7 Å². The molecular formula is C28H32ClFN6O6. The lowest BCUT2D eigenvalue weighted by atomic mass is 10.2.